The zero-order chi connectivity index (χ0) is 23.5. The van der Waals surface area contributed by atoms with Crippen LogP contribution in [0.25, 0.3) is 0 Å². The molecule has 0 heterocycles. The summed E-state index contributed by atoms with van der Waals surface area (Å²) in [7, 11) is 0. The fourth-order valence-corrected chi connectivity index (χ4v) is 3.59. The molecule has 0 bridgehead atoms. The molecule has 0 aliphatic heterocycles. The van der Waals surface area contributed by atoms with Crippen LogP contribution in [0.3, 0.4) is 0 Å². The monoisotopic (exact) mass is 440 g/mol. The van der Waals surface area contributed by atoms with Crippen LogP contribution in [0.5, 0.6) is 0 Å². The molecule has 0 nitrogen and oxygen atoms in total. The Kier molecular flexibility index (Phi) is 9.29. The van der Waals surface area contributed by atoms with Gasteiger partial charge in [0.25, 0.3) is 0 Å². The summed E-state index contributed by atoms with van der Waals surface area (Å²) in [5.74, 6) is 11.5. The van der Waals surface area contributed by atoms with E-state index >= 15 is 0 Å². The lowest BCUT2D eigenvalue weighted by Crippen LogP contribution is -1.92. The van der Waals surface area contributed by atoms with Crippen LogP contribution < -0.4 is 0 Å². The van der Waals surface area contributed by atoms with E-state index in [9.17, 15) is 8.78 Å². The topological polar surface area (TPSA) is 0 Å². The number of unbranched alkanes of at least 4 members (excludes halogenated alkanes) is 3. The second-order valence-electron chi connectivity index (χ2n) is 8.26. The average molecular weight is 441 g/mol. The minimum absolute atomic E-state index is 0.182. The Labute approximate surface area is 197 Å². The van der Waals surface area contributed by atoms with Gasteiger partial charge in [0.15, 0.2) is 0 Å². The first kappa shape index (κ1) is 24.3. The first-order valence-electron chi connectivity index (χ1n) is 11.8. The number of rotatable bonds is 7. The highest BCUT2D eigenvalue weighted by molar-refractivity contribution is 5.48. The van der Waals surface area contributed by atoms with E-state index in [1.54, 1.807) is 12.1 Å². The molecule has 0 N–H and O–H groups in total. The van der Waals surface area contributed by atoms with Crippen molar-refractivity contribution in [2.24, 2.45) is 0 Å². The van der Waals surface area contributed by atoms with Crippen LogP contribution in [0.1, 0.15) is 79.3 Å². The SMILES string of the molecule is CCCCCCc1ccc(C#Cc2ccc(C#Cc3ccc(CCC)cc3F)cc2)cc1F. The standard InChI is InChI=1S/C31H30F2/c1-3-5-6-7-9-28-20-18-27(23-30(28)32)15-14-24-10-12-25(13-11-24)16-19-29-21-17-26(8-4-2)22-31(29)33/h10-13,17-18,20-23H,3-9H2,1-2H3. The van der Waals surface area contributed by atoms with Crippen LogP contribution in [0.15, 0.2) is 60.7 Å². The van der Waals surface area contributed by atoms with E-state index in [4.69, 9.17) is 0 Å². The van der Waals surface area contributed by atoms with Gasteiger partial charge >= 0.3 is 0 Å². The van der Waals surface area contributed by atoms with Gasteiger partial charge in [0.1, 0.15) is 11.6 Å². The molecular weight excluding hydrogens is 410 g/mol. The van der Waals surface area contributed by atoms with E-state index in [1.165, 1.54) is 18.9 Å². The molecule has 2 heteroatoms. The predicted molar refractivity (Wildman–Crippen MR) is 133 cm³/mol. The summed E-state index contributed by atoms with van der Waals surface area (Å²) in [5.41, 5.74) is 4.42. The summed E-state index contributed by atoms with van der Waals surface area (Å²) in [5, 5.41) is 0. The fourth-order valence-electron chi connectivity index (χ4n) is 3.59. The van der Waals surface area contributed by atoms with Crippen molar-refractivity contribution in [2.45, 2.75) is 58.8 Å². The fraction of sp³-hybridized carbons (Fsp3) is 0.290. The van der Waals surface area contributed by atoms with E-state index in [-0.39, 0.29) is 11.6 Å². The highest BCUT2D eigenvalue weighted by Crippen LogP contribution is 2.15. The molecule has 168 valence electrons. The molecule has 3 aromatic carbocycles. The molecule has 0 fully saturated rings. The third kappa shape index (κ3) is 7.62. The van der Waals surface area contributed by atoms with Crippen molar-refractivity contribution in [1.82, 2.24) is 0 Å². The molecule has 0 amide bonds. The Morgan fingerprint density at radius 1 is 0.576 bits per heavy atom. The van der Waals surface area contributed by atoms with Gasteiger partial charge < -0.3 is 0 Å². The molecule has 0 spiro atoms. The Balaban J connectivity index is 1.63. The van der Waals surface area contributed by atoms with Crippen molar-refractivity contribution >= 4 is 0 Å². The van der Waals surface area contributed by atoms with Crippen LogP contribution in [0.4, 0.5) is 8.78 Å². The quantitative estimate of drug-likeness (QED) is 0.259. The van der Waals surface area contributed by atoms with Crippen LogP contribution >= 0.6 is 0 Å². The van der Waals surface area contributed by atoms with Crippen molar-refractivity contribution in [2.75, 3.05) is 0 Å². The molecule has 0 aliphatic carbocycles. The van der Waals surface area contributed by atoms with Gasteiger partial charge in [-0.3, -0.25) is 0 Å². The van der Waals surface area contributed by atoms with Crippen LogP contribution in [0, 0.1) is 35.3 Å². The lowest BCUT2D eigenvalue weighted by atomic mass is 10.0. The van der Waals surface area contributed by atoms with E-state index in [0.29, 0.717) is 11.1 Å². The maximum absolute atomic E-state index is 14.3. The number of halogens is 2. The van der Waals surface area contributed by atoms with Gasteiger partial charge in [0, 0.05) is 16.7 Å². The maximum atomic E-state index is 14.3. The van der Waals surface area contributed by atoms with Gasteiger partial charge in [0.2, 0.25) is 0 Å². The van der Waals surface area contributed by atoms with Crippen molar-refractivity contribution < 1.29 is 8.78 Å². The highest BCUT2D eigenvalue weighted by atomic mass is 19.1. The predicted octanol–water partition coefficient (Wildman–Crippen LogP) is 7.84. The molecule has 0 aliphatic rings. The first-order chi connectivity index (χ1) is 16.1. The zero-order valence-corrected chi connectivity index (χ0v) is 19.5. The summed E-state index contributed by atoms with van der Waals surface area (Å²) in [6, 6.07) is 17.9. The summed E-state index contributed by atoms with van der Waals surface area (Å²) in [6.07, 6.45) is 7.14. The van der Waals surface area contributed by atoms with Gasteiger partial charge in [-0.15, -0.1) is 0 Å². The number of hydrogen-bond donors (Lipinski definition) is 0. The smallest absolute Gasteiger partial charge is 0.139 e. The second-order valence-corrected chi connectivity index (χ2v) is 8.26. The van der Waals surface area contributed by atoms with E-state index in [1.807, 2.05) is 42.5 Å². The van der Waals surface area contributed by atoms with Crippen molar-refractivity contribution in [1.29, 1.82) is 0 Å². The van der Waals surface area contributed by atoms with Gasteiger partial charge in [-0.2, -0.15) is 0 Å². The highest BCUT2D eigenvalue weighted by Gasteiger charge is 2.03. The summed E-state index contributed by atoms with van der Waals surface area (Å²) in [4.78, 5) is 0. The molecule has 0 aromatic heterocycles. The summed E-state index contributed by atoms with van der Waals surface area (Å²) >= 11 is 0. The van der Waals surface area contributed by atoms with E-state index in [0.717, 1.165) is 54.4 Å². The second kappa shape index (κ2) is 12.6. The largest absolute Gasteiger partial charge is 0.207 e. The zero-order valence-electron chi connectivity index (χ0n) is 19.5. The minimum atomic E-state index is -0.282. The molecule has 3 aromatic rings. The Morgan fingerprint density at radius 2 is 1.24 bits per heavy atom. The van der Waals surface area contributed by atoms with E-state index < -0.39 is 0 Å². The molecule has 0 atom stereocenters. The summed E-state index contributed by atoms with van der Waals surface area (Å²) in [6.45, 7) is 4.24. The number of aryl methyl sites for hydroxylation is 2. The van der Waals surface area contributed by atoms with Crippen LogP contribution in [-0.4, -0.2) is 0 Å². The van der Waals surface area contributed by atoms with Gasteiger partial charge in [-0.1, -0.05) is 75.3 Å². The average Bonchev–Trinajstić information content (AvgIpc) is 2.82. The molecular formula is C31H30F2. The Bertz CT molecular complexity index is 1180. The summed E-state index contributed by atoms with van der Waals surface area (Å²) < 4.78 is 28.5. The molecule has 0 saturated heterocycles. The molecule has 0 unspecified atom stereocenters. The Hall–Kier alpha value is -3.36. The van der Waals surface area contributed by atoms with Gasteiger partial charge in [0.05, 0.1) is 5.56 Å². The molecule has 0 saturated carbocycles. The Morgan fingerprint density at radius 3 is 1.88 bits per heavy atom. The van der Waals surface area contributed by atoms with Gasteiger partial charge in [-0.25, -0.2) is 8.78 Å². The van der Waals surface area contributed by atoms with Crippen molar-refractivity contribution in [3.05, 3.63) is 106 Å². The van der Waals surface area contributed by atoms with Crippen LogP contribution in [-0.2, 0) is 12.8 Å². The third-order valence-corrected chi connectivity index (χ3v) is 5.50. The lowest BCUT2D eigenvalue weighted by Gasteiger charge is -2.03. The van der Waals surface area contributed by atoms with Gasteiger partial charge in [-0.05, 0) is 78.9 Å². The first-order valence-corrected chi connectivity index (χ1v) is 11.8. The molecule has 3 rings (SSSR count). The van der Waals surface area contributed by atoms with Crippen LogP contribution in [0.2, 0.25) is 0 Å². The normalized spacial score (nSPS) is 10.2. The number of hydrogen-bond acceptors (Lipinski definition) is 0. The van der Waals surface area contributed by atoms with Crippen molar-refractivity contribution in [3.63, 3.8) is 0 Å². The lowest BCUT2D eigenvalue weighted by molar-refractivity contribution is 0.593. The maximum Gasteiger partial charge on any atom is 0.139 e. The van der Waals surface area contributed by atoms with E-state index in [2.05, 4.69) is 37.5 Å². The number of benzene rings is 3. The third-order valence-electron chi connectivity index (χ3n) is 5.50. The van der Waals surface area contributed by atoms with Crippen molar-refractivity contribution in [3.8, 4) is 23.7 Å². The molecule has 33 heavy (non-hydrogen) atoms. The minimum Gasteiger partial charge on any atom is -0.207 e. The molecule has 0 radical (unpaired) electrons.